The molecule has 9 heteroatoms. The molecular formula is C28H41N3O5S. The zero-order valence-corrected chi connectivity index (χ0v) is 23.5. The molecule has 0 heterocycles. The number of benzene rings is 2. The SMILES string of the molecule is CCCCNC(=O)[C@@H](C)N(Cc1ccccc1C)C(=O)CCCN(c1ccccc1OCC)S(C)(=O)=O. The van der Waals surface area contributed by atoms with Gasteiger partial charge in [0.1, 0.15) is 11.8 Å². The molecule has 0 fully saturated rings. The zero-order chi connectivity index (χ0) is 27.4. The Bertz CT molecular complexity index is 1140. The Morgan fingerprint density at radius 1 is 1.03 bits per heavy atom. The van der Waals surface area contributed by atoms with E-state index < -0.39 is 16.1 Å². The van der Waals surface area contributed by atoms with Crippen molar-refractivity contribution in [1.82, 2.24) is 10.2 Å². The van der Waals surface area contributed by atoms with Gasteiger partial charge in [0.2, 0.25) is 21.8 Å². The van der Waals surface area contributed by atoms with Gasteiger partial charge in [0.05, 0.1) is 18.6 Å². The summed E-state index contributed by atoms with van der Waals surface area (Å²) in [5, 5.41) is 2.92. The molecule has 37 heavy (non-hydrogen) atoms. The highest BCUT2D eigenvalue weighted by atomic mass is 32.2. The number of nitrogens with one attached hydrogen (secondary N) is 1. The monoisotopic (exact) mass is 531 g/mol. The highest BCUT2D eigenvalue weighted by molar-refractivity contribution is 7.92. The molecule has 0 aliphatic rings. The number of amides is 2. The first-order valence-corrected chi connectivity index (χ1v) is 14.8. The van der Waals surface area contributed by atoms with Gasteiger partial charge in [0, 0.05) is 26.1 Å². The molecule has 0 aromatic heterocycles. The number of carbonyl (C=O) groups excluding carboxylic acids is 2. The number of aryl methyl sites for hydroxylation is 1. The van der Waals surface area contributed by atoms with E-state index in [0.717, 1.165) is 30.2 Å². The third kappa shape index (κ3) is 9.07. The molecule has 0 aliphatic heterocycles. The topological polar surface area (TPSA) is 96.0 Å². The number of rotatable bonds is 15. The van der Waals surface area contributed by atoms with Crippen LogP contribution in [-0.2, 0) is 26.2 Å². The first kappa shape index (κ1) is 30.2. The Morgan fingerprint density at radius 3 is 2.35 bits per heavy atom. The van der Waals surface area contributed by atoms with Crippen molar-refractivity contribution >= 4 is 27.5 Å². The molecule has 0 radical (unpaired) electrons. The van der Waals surface area contributed by atoms with Crippen molar-refractivity contribution in [3.05, 3.63) is 59.7 Å². The van der Waals surface area contributed by atoms with E-state index in [0.29, 0.717) is 37.6 Å². The molecule has 0 saturated heterocycles. The minimum absolute atomic E-state index is 0.0985. The summed E-state index contributed by atoms with van der Waals surface area (Å²) in [5.41, 5.74) is 2.45. The van der Waals surface area contributed by atoms with Crippen molar-refractivity contribution in [3.8, 4) is 5.75 Å². The first-order chi connectivity index (χ1) is 17.6. The minimum Gasteiger partial charge on any atom is -0.492 e. The number of carbonyl (C=O) groups is 2. The van der Waals surface area contributed by atoms with Crippen LogP contribution in [0.3, 0.4) is 0 Å². The number of ether oxygens (including phenoxy) is 1. The molecule has 0 aliphatic carbocycles. The maximum atomic E-state index is 13.4. The van der Waals surface area contributed by atoms with E-state index >= 15 is 0 Å². The molecule has 0 bridgehead atoms. The lowest BCUT2D eigenvalue weighted by atomic mass is 10.1. The highest BCUT2D eigenvalue weighted by Gasteiger charge is 2.27. The third-order valence-corrected chi connectivity index (χ3v) is 7.36. The maximum absolute atomic E-state index is 13.4. The van der Waals surface area contributed by atoms with Crippen LogP contribution in [-0.4, -0.2) is 57.1 Å². The van der Waals surface area contributed by atoms with Crippen molar-refractivity contribution in [2.24, 2.45) is 0 Å². The minimum atomic E-state index is -3.61. The van der Waals surface area contributed by atoms with Crippen LogP contribution in [0.1, 0.15) is 57.6 Å². The van der Waals surface area contributed by atoms with Gasteiger partial charge in [-0.2, -0.15) is 0 Å². The number of hydrogen-bond donors (Lipinski definition) is 1. The van der Waals surface area contributed by atoms with Gasteiger partial charge < -0.3 is 15.0 Å². The predicted molar refractivity (Wildman–Crippen MR) is 148 cm³/mol. The highest BCUT2D eigenvalue weighted by Crippen LogP contribution is 2.30. The summed E-state index contributed by atoms with van der Waals surface area (Å²) >= 11 is 0. The van der Waals surface area contributed by atoms with Crippen LogP contribution in [0.25, 0.3) is 0 Å². The summed E-state index contributed by atoms with van der Waals surface area (Å²) in [6.45, 7) is 8.98. The molecule has 0 spiro atoms. The van der Waals surface area contributed by atoms with Gasteiger partial charge in [-0.25, -0.2) is 8.42 Å². The lowest BCUT2D eigenvalue weighted by molar-refractivity contribution is -0.140. The summed E-state index contributed by atoms with van der Waals surface area (Å²) in [5.74, 6) is 0.0760. The molecule has 204 valence electrons. The van der Waals surface area contributed by atoms with Crippen LogP contribution in [0.4, 0.5) is 5.69 Å². The average Bonchev–Trinajstić information content (AvgIpc) is 2.85. The molecule has 2 amide bonds. The van der Waals surface area contributed by atoms with E-state index in [4.69, 9.17) is 4.74 Å². The number of para-hydroxylation sites is 2. The maximum Gasteiger partial charge on any atom is 0.242 e. The summed E-state index contributed by atoms with van der Waals surface area (Å²) in [4.78, 5) is 27.8. The molecular weight excluding hydrogens is 490 g/mol. The normalized spacial score (nSPS) is 12.0. The van der Waals surface area contributed by atoms with Gasteiger partial charge in [-0.05, 0) is 56.9 Å². The number of anilines is 1. The standard InChI is InChI=1S/C28H41N3O5S/c1-6-8-19-29-28(33)23(4)30(21-24-15-10-9-14-22(24)3)27(32)18-13-20-31(37(5,34)35)25-16-11-12-17-26(25)36-7-2/h9-12,14-17,23H,6-8,13,18-21H2,1-5H3,(H,29,33)/t23-/m1/s1. The van der Waals surface area contributed by atoms with Gasteiger partial charge in [-0.15, -0.1) is 0 Å². The van der Waals surface area contributed by atoms with E-state index in [9.17, 15) is 18.0 Å². The molecule has 2 rings (SSSR count). The molecule has 0 saturated carbocycles. The zero-order valence-electron chi connectivity index (χ0n) is 22.7. The largest absolute Gasteiger partial charge is 0.492 e. The van der Waals surface area contributed by atoms with E-state index in [1.807, 2.05) is 38.1 Å². The summed E-state index contributed by atoms with van der Waals surface area (Å²) in [6, 6.07) is 14.1. The Hall–Kier alpha value is -3.07. The quantitative estimate of drug-likeness (QED) is 0.346. The van der Waals surface area contributed by atoms with Crippen LogP contribution in [0.15, 0.2) is 48.5 Å². The molecule has 8 nitrogen and oxygen atoms in total. The van der Waals surface area contributed by atoms with E-state index in [-0.39, 0.29) is 24.8 Å². The predicted octanol–water partition coefficient (Wildman–Crippen LogP) is 4.27. The molecule has 1 N–H and O–H groups in total. The number of hydrogen-bond acceptors (Lipinski definition) is 5. The smallest absolute Gasteiger partial charge is 0.242 e. The van der Waals surface area contributed by atoms with Crippen molar-refractivity contribution in [1.29, 1.82) is 0 Å². The molecule has 2 aromatic rings. The summed E-state index contributed by atoms with van der Waals surface area (Å²) in [6.07, 6.45) is 3.37. The van der Waals surface area contributed by atoms with Gasteiger partial charge >= 0.3 is 0 Å². The first-order valence-electron chi connectivity index (χ1n) is 12.9. The second kappa shape index (κ2) is 14.6. The lowest BCUT2D eigenvalue weighted by Crippen LogP contribution is -2.48. The molecule has 0 unspecified atom stereocenters. The van der Waals surface area contributed by atoms with Crippen LogP contribution >= 0.6 is 0 Å². The van der Waals surface area contributed by atoms with E-state index in [1.54, 1.807) is 36.1 Å². The summed E-state index contributed by atoms with van der Waals surface area (Å²) in [7, 11) is -3.61. The van der Waals surface area contributed by atoms with Crippen LogP contribution in [0.2, 0.25) is 0 Å². The van der Waals surface area contributed by atoms with E-state index in [1.165, 1.54) is 4.31 Å². The van der Waals surface area contributed by atoms with Gasteiger partial charge in [-0.3, -0.25) is 13.9 Å². The Kier molecular flexibility index (Phi) is 11.9. The van der Waals surface area contributed by atoms with Gasteiger partial charge in [-0.1, -0.05) is 49.7 Å². The Balaban J connectivity index is 2.19. The lowest BCUT2D eigenvalue weighted by Gasteiger charge is -2.30. The second-order valence-electron chi connectivity index (χ2n) is 9.11. The Morgan fingerprint density at radius 2 is 1.70 bits per heavy atom. The molecule has 2 aromatic carbocycles. The average molecular weight is 532 g/mol. The fraction of sp³-hybridized carbons (Fsp3) is 0.500. The number of nitrogens with zero attached hydrogens (tertiary/aromatic N) is 2. The van der Waals surface area contributed by atoms with E-state index in [2.05, 4.69) is 12.2 Å². The van der Waals surface area contributed by atoms with Gasteiger partial charge in [0.25, 0.3) is 0 Å². The number of unbranched alkanes of at least 4 members (excludes halogenated alkanes) is 1. The van der Waals surface area contributed by atoms with Crippen LogP contribution in [0.5, 0.6) is 5.75 Å². The van der Waals surface area contributed by atoms with Gasteiger partial charge in [0.15, 0.2) is 0 Å². The van der Waals surface area contributed by atoms with Crippen molar-refractivity contribution in [2.45, 2.75) is 66.0 Å². The van der Waals surface area contributed by atoms with Crippen molar-refractivity contribution < 1.29 is 22.7 Å². The molecule has 1 atom stereocenters. The summed E-state index contributed by atoms with van der Waals surface area (Å²) < 4.78 is 32.1. The second-order valence-corrected chi connectivity index (χ2v) is 11.0. The fourth-order valence-corrected chi connectivity index (χ4v) is 4.98. The van der Waals surface area contributed by atoms with Crippen molar-refractivity contribution in [3.63, 3.8) is 0 Å². The fourth-order valence-electron chi connectivity index (χ4n) is 4.01. The van der Waals surface area contributed by atoms with Crippen molar-refractivity contribution in [2.75, 3.05) is 30.3 Å². The number of sulfonamides is 1. The van der Waals surface area contributed by atoms with Crippen LogP contribution in [0, 0.1) is 6.92 Å². The Labute approximate surface area is 222 Å². The third-order valence-electron chi connectivity index (χ3n) is 6.18. The van der Waals surface area contributed by atoms with Crippen LogP contribution < -0.4 is 14.4 Å².